The minimum atomic E-state index is -0.131. The fourth-order valence-corrected chi connectivity index (χ4v) is 3.51. The van der Waals surface area contributed by atoms with Crippen molar-refractivity contribution in [1.29, 1.82) is 0 Å². The van der Waals surface area contributed by atoms with E-state index < -0.39 is 0 Å². The topological polar surface area (TPSA) is 75.6 Å². The van der Waals surface area contributed by atoms with E-state index in [0.717, 1.165) is 33.9 Å². The number of aryl methyl sites for hydroxylation is 4. The highest BCUT2D eigenvalue weighted by molar-refractivity contribution is 5.39. The molecule has 2 N–H and O–H groups in total. The molecule has 4 rings (SSSR count). The van der Waals surface area contributed by atoms with E-state index >= 15 is 0 Å². The van der Waals surface area contributed by atoms with Crippen LogP contribution in [-0.2, 0) is 6.42 Å². The number of aromatic nitrogens is 4. The first-order chi connectivity index (χ1) is 13.8. The van der Waals surface area contributed by atoms with Gasteiger partial charge in [0, 0.05) is 28.9 Å². The molecule has 0 saturated carbocycles. The summed E-state index contributed by atoms with van der Waals surface area (Å²) in [6.07, 6.45) is 0.278. The number of hydrogen-bond acceptors (Lipinski definition) is 2. The highest BCUT2D eigenvalue weighted by Gasteiger charge is 2.18. The summed E-state index contributed by atoms with van der Waals surface area (Å²) < 4.78 is 3.06. The maximum absolute atomic E-state index is 13.0. The van der Waals surface area contributed by atoms with Crippen LogP contribution in [0.1, 0.15) is 33.6 Å². The van der Waals surface area contributed by atoms with E-state index in [1.54, 1.807) is 0 Å². The average Bonchev–Trinajstić information content (AvgIpc) is 3.14. The Morgan fingerprint density at radius 3 is 1.31 bits per heavy atom. The van der Waals surface area contributed by atoms with Crippen LogP contribution >= 0.6 is 0 Å². The molecule has 0 saturated heterocycles. The summed E-state index contributed by atoms with van der Waals surface area (Å²) >= 11 is 0. The molecule has 0 fully saturated rings. The van der Waals surface area contributed by atoms with E-state index in [4.69, 9.17) is 0 Å². The highest BCUT2D eigenvalue weighted by Crippen LogP contribution is 2.14. The predicted molar refractivity (Wildman–Crippen MR) is 115 cm³/mol. The molecule has 0 bridgehead atoms. The van der Waals surface area contributed by atoms with Crippen LogP contribution in [0.4, 0.5) is 0 Å². The highest BCUT2D eigenvalue weighted by atomic mass is 16.1. The van der Waals surface area contributed by atoms with Crippen molar-refractivity contribution < 1.29 is 0 Å². The van der Waals surface area contributed by atoms with Gasteiger partial charge in [-0.05, 0) is 52.0 Å². The Morgan fingerprint density at radius 2 is 0.966 bits per heavy atom. The molecule has 148 valence electrons. The zero-order chi connectivity index (χ0) is 20.7. The first-order valence-electron chi connectivity index (χ1n) is 9.60. The molecule has 4 aromatic rings. The molecule has 2 heterocycles. The number of nitrogens with zero attached hydrogens (tertiary/aromatic N) is 2. The van der Waals surface area contributed by atoms with Gasteiger partial charge >= 0.3 is 0 Å². The Labute approximate surface area is 168 Å². The van der Waals surface area contributed by atoms with E-state index in [9.17, 15) is 9.59 Å². The van der Waals surface area contributed by atoms with Gasteiger partial charge in [-0.2, -0.15) is 0 Å². The fraction of sp³-hybridized carbons (Fsp3) is 0.217. The first-order valence-corrected chi connectivity index (χ1v) is 9.60. The van der Waals surface area contributed by atoms with Gasteiger partial charge < -0.3 is 0 Å². The summed E-state index contributed by atoms with van der Waals surface area (Å²) in [6.45, 7) is 7.74. The van der Waals surface area contributed by atoms with Gasteiger partial charge in [-0.3, -0.25) is 19.8 Å². The normalized spacial score (nSPS) is 11.2. The van der Waals surface area contributed by atoms with Gasteiger partial charge in [-0.25, -0.2) is 9.36 Å². The van der Waals surface area contributed by atoms with Crippen LogP contribution in [0.2, 0.25) is 0 Å². The fourth-order valence-electron chi connectivity index (χ4n) is 3.51. The van der Waals surface area contributed by atoms with Crippen molar-refractivity contribution in [2.24, 2.45) is 0 Å². The Balaban J connectivity index is 1.74. The smallest absolute Gasteiger partial charge is 0.274 e. The summed E-state index contributed by atoms with van der Waals surface area (Å²) in [5.41, 5.74) is 6.27. The summed E-state index contributed by atoms with van der Waals surface area (Å²) in [5.74, 6) is 0. The molecular formula is C23H24N4O2. The second-order valence-corrected chi connectivity index (χ2v) is 7.56. The molecule has 2 aromatic carbocycles. The lowest BCUT2D eigenvalue weighted by Crippen LogP contribution is -2.21. The molecule has 0 aliphatic carbocycles. The molecule has 0 unspecified atom stereocenters. The number of hydrogen-bond donors (Lipinski definition) is 2. The van der Waals surface area contributed by atoms with Crippen LogP contribution in [0.5, 0.6) is 0 Å². The van der Waals surface area contributed by atoms with Crippen molar-refractivity contribution in [1.82, 2.24) is 19.6 Å². The molecule has 29 heavy (non-hydrogen) atoms. The van der Waals surface area contributed by atoms with Crippen LogP contribution in [0, 0.1) is 27.7 Å². The zero-order valence-electron chi connectivity index (χ0n) is 17.0. The molecule has 6 nitrogen and oxygen atoms in total. The maximum atomic E-state index is 13.0. The monoisotopic (exact) mass is 388 g/mol. The van der Waals surface area contributed by atoms with Gasteiger partial charge in [-0.15, -0.1) is 0 Å². The van der Waals surface area contributed by atoms with Crippen LogP contribution in [0.3, 0.4) is 0 Å². The summed E-state index contributed by atoms with van der Waals surface area (Å²) in [4.78, 5) is 26.1. The molecule has 0 radical (unpaired) electrons. The van der Waals surface area contributed by atoms with Gasteiger partial charge in [0.25, 0.3) is 11.1 Å². The predicted octanol–water partition coefficient (Wildman–Crippen LogP) is 3.47. The van der Waals surface area contributed by atoms with Gasteiger partial charge in [0.1, 0.15) is 0 Å². The van der Waals surface area contributed by atoms with E-state index in [2.05, 4.69) is 10.2 Å². The molecule has 0 aliphatic heterocycles. The Morgan fingerprint density at radius 1 is 0.621 bits per heavy atom. The second kappa shape index (κ2) is 7.13. The molecule has 0 spiro atoms. The van der Waals surface area contributed by atoms with Crippen molar-refractivity contribution in [2.75, 3.05) is 0 Å². The molecule has 6 heteroatoms. The number of nitrogens with one attached hydrogen (secondary N) is 2. The minimum Gasteiger partial charge on any atom is -0.295 e. The lowest BCUT2D eigenvalue weighted by Gasteiger charge is -2.01. The summed E-state index contributed by atoms with van der Waals surface area (Å²) in [7, 11) is 0. The molecular weight excluding hydrogens is 364 g/mol. The zero-order valence-corrected chi connectivity index (χ0v) is 17.0. The first kappa shape index (κ1) is 18.8. The van der Waals surface area contributed by atoms with E-state index in [0.29, 0.717) is 11.1 Å². The number of H-pyrrole nitrogens is 2. The third-order valence-corrected chi connectivity index (χ3v) is 5.32. The number of aromatic amines is 2. The van der Waals surface area contributed by atoms with Gasteiger partial charge in [0.2, 0.25) is 0 Å². The minimum absolute atomic E-state index is 0.131. The number of benzene rings is 2. The number of rotatable bonds is 4. The van der Waals surface area contributed by atoms with Gasteiger partial charge in [0.05, 0.1) is 11.4 Å². The lowest BCUT2D eigenvalue weighted by molar-refractivity contribution is 0.833. The molecule has 0 aliphatic rings. The lowest BCUT2D eigenvalue weighted by atomic mass is 10.1. The van der Waals surface area contributed by atoms with Crippen molar-refractivity contribution in [2.45, 2.75) is 34.1 Å². The molecule has 2 aromatic heterocycles. The van der Waals surface area contributed by atoms with Gasteiger partial charge in [-0.1, -0.05) is 35.4 Å². The Kier molecular flexibility index (Phi) is 4.62. The van der Waals surface area contributed by atoms with Crippen molar-refractivity contribution >= 4 is 0 Å². The second-order valence-electron chi connectivity index (χ2n) is 7.56. The Bertz CT molecular complexity index is 1180. The maximum Gasteiger partial charge on any atom is 0.274 e. The summed E-state index contributed by atoms with van der Waals surface area (Å²) in [5, 5.41) is 6.28. The quantitative estimate of drug-likeness (QED) is 0.562. The van der Waals surface area contributed by atoms with E-state index in [1.165, 1.54) is 9.36 Å². The summed E-state index contributed by atoms with van der Waals surface area (Å²) in [6, 6.07) is 15.5. The van der Waals surface area contributed by atoms with Crippen LogP contribution < -0.4 is 11.1 Å². The van der Waals surface area contributed by atoms with Crippen LogP contribution in [-0.4, -0.2) is 19.6 Å². The van der Waals surface area contributed by atoms with Crippen LogP contribution in [0.25, 0.3) is 11.4 Å². The largest absolute Gasteiger partial charge is 0.295 e. The van der Waals surface area contributed by atoms with E-state index in [1.807, 2.05) is 76.2 Å². The SMILES string of the molecule is Cc1ccc(-n2[nH]c(C)c(Cc3c(C)[nH]n(-c4ccc(C)cc4)c3=O)c2=O)cc1. The van der Waals surface area contributed by atoms with Crippen molar-refractivity contribution in [3.63, 3.8) is 0 Å². The molecule has 0 amide bonds. The van der Waals surface area contributed by atoms with Gasteiger partial charge in [0.15, 0.2) is 0 Å². The van der Waals surface area contributed by atoms with E-state index in [-0.39, 0.29) is 17.5 Å². The standard InChI is InChI=1S/C23H24N4O2/c1-14-5-9-18(10-6-14)26-22(28)20(16(3)24-26)13-21-17(4)25-27(23(21)29)19-11-7-15(2)8-12-19/h5-12,24-25H,13H2,1-4H3. The average molecular weight is 388 g/mol. The molecule has 0 atom stereocenters. The van der Waals surface area contributed by atoms with Crippen LogP contribution in [0.15, 0.2) is 58.1 Å². The Hall–Kier alpha value is -3.54. The van der Waals surface area contributed by atoms with Crippen molar-refractivity contribution in [3.8, 4) is 11.4 Å². The van der Waals surface area contributed by atoms with Crippen molar-refractivity contribution in [3.05, 3.63) is 103 Å². The third-order valence-electron chi connectivity index (χ3n) is 5.32. The third kappa shape index (κ3) is 3.38.